The van der Waals surface area contributed by atoms with E-state index < -0.39 is 6.10 Å². The topological polar surface area (TPSA) is 67.8 Å². The third-order valence-electron chi connectivity index (χ3n) is 3.36. The second kappa shape index (κ2) is 5.46. The number of carbonyl (C=O) groups is 1. The Morgan fingerprint density at radius 3 is 2.86 bits per heavy atom. The summed E-state index contributed by atoms with van der Waals surface area (Å²) in [5, 5.41) is 13.2. The summed E-state index contributed by atoms with van der Waals surface area (Å²) in [6.45, 7) is 0.0186. The monoisotopic (exact) mass is 285 g/mol. The van der Waals surface area contributed by atoms with Gasteiger partial charge in [0.1, 0.15) is 17.6 Å². The van der Waals surface area contributed by atoms with Crippen LogP contribution in [0, 0.1) is 0 Å². The number of carbonyl (C=O) groups excluding carboxylic acids is 1. The van der Waals surface area contributed by atoms with Gasteiger partial charge in [-0.3, -0.25) is 4.79 Å². The fourth-order valence-electron chi connectivity index (χ4n) is 2.27. The van der Waals surface area contributed by atoms with E-state index in [0.29, 0.717) is 22.7 Å². The average molecular weight is 285 g/mol. The molecule has 0 radical (unpaired) electrons. The van der Waals surface area contributed by atoms with E-state index in [1.807, 2.05) is 18.2 Å². The van der Waals surface area contributed by atoms with Gasteiger partial charge in [0.15, 0.2) is 6.61 Å². The molecular formula is C16H15NO4. The summed E-state index contributed by atoms with van der Waals surface area (Å²) >= 11 is 0. The van der Waals surface area contributed by atoms with Crippen molar-refractivity contribution in [3.05, 3.63) is 53.6 Å². The summed E-state index contributed by atoms with van der Waals surface area (Å²) in [6, 6.07) is 12.5. The van der Waals surface area contributed by atoms with Gasteiger partial charge in [-0.1, -0.05) is 18.2 Å². The highest BCUT2D eigenvalue weighted by molar-refractivity contribution is 5.95. The lowest BCUT2D eigenvalue weighted by atomic mass is 10.0. The average Bonchev–Trinajstić information content (AvgIpc) is 2.53. The van der Waals surface area contributed by atoms with Crippen LogP contribution in [0.15, 0.2) is 42.5 Å². The minimum absolute atomic E-state index is 0.0186. The molecule has 0 aromatic heterocycles. The Hall–Kier alpha value is -2.53. The Kier molecular flexibility index (Phi) is 3.50. The molecule has 0 bridgehead atoms. The van der Waals surface area contributed by atoms with Crippen molar-refractivity contribution in [1.29, 1.82) is 0 Å². The molecule has 1 heterocycles. The van der Waals surface area contributed by atoms with Gasteiger partial charge in [0.25, 0.3) is 5.91 Å². The Morgan fingerprint density at radius 1 is 1.24 bits per heavy atom. The number of hydrogen-bond donors (Lipinski definition) is 2. The molecule has 5 heteroatoms. The van der Waals surface area contributed by atoms with Crippen LogP contribution < -0.4 is 14.8 Å². The molecule has 1 atom stereocenters. The van der Waals surface area contributed by atoms with Gasteiger partial charge in [0.2, 0.25) is 0 Å². The highest BCUT2D eigenvalue weighted by Gasteiger charge is 2.19. The number of hydrogen-bond acceptors (Lipinski definition) is 4. The molecule has 5 nitrogen and oxygen atoms in total. The van der Waals surface area contributed by atoms with Gasteiger partial charge in [-0.2, -0.15) is 0 Å². The molecule has 0 spiro atoms. The fourth-order valence-corrected chi connectivity index (χ4v) is 2.27. The Bertz CT molecular complexity index is 684. The lowest BCUT2D eigenvalue weighted by Crippen LogP contribution is -2.25. The van der Waals surface area contributed by atoms with Crippen molar-refractivity contribution in [3.63, 3.8) is 0 Å². The first-order valence-corrected chi connectivity index (χ1v) is 6.56. The molecule has 0 fully saturated rings. The van der Waals surface area contributed by atoms with Gasteiger partial charge >= 0.3 is 0 Å². The molecule has 1 unspecified atom stereocenters. The predicted octanol–water partition coefficient (Wildman–Crippen LogP) is 2.11. The molecule has 3 rings (SSSR count). The number of amides is 1. The molecule has 2 N–H and O–H groups in total. The summed E-state index contributed by atoms with van der Waals surface area (Å²) in [5.41, 5.74) is 1.97. The summed E-state index contributed by atoms with van der Waals surface area (Å²) in [5.74, 6) is 1.09. The van der Waals surface area contributed by atoms with E-state index in [4.69, 9.17) is 9.47 Å². The van der Waals surface area contributed by atoms with Crippen LogP contribution >= 0.6 is 0 Å². The standard InChI is InChI=1S/C16H15NO4/c1-20-12-4-2-3-10(7-12)16(19)11-5-6-14-13(8-11)17-15(18)9-21-14/h2-8,16,19H,9H2,1H3,(H,17,18). The van der Waals surface area contributed by atoms with E-state index in [1.54, 1.807) is 31.4 Å². The van der Waals surface area contributed by atoms with Gasteiger partial charge in [0, 0.05) is 0 Å². The number of aliphatic hydroxyl groups excluding tert-OH is 1. The molecule has 2 aromatic carbocycles. The van der Waals surface area contributed by atoms with Crippen LogP contribution in [0.5, 0.6) is 11.5 Å². The van der Waals surface area contributed by atoms with Crippen LogP contribution in [0.3, 0.4) is 0 Å². The normalized spacial score (nSPS) is 14.7. The van der Waals surface area contributed by atoms with Gasteiger partial charge in [-0.25, -0.2) is 0 Å². The molecule has 0 saturated heterocycles. The van der Waals surface area contributed by atoms with Crippen molar-refractivity contribution >= 4 is 11.6 Å². The largest absolute Gasteiger partial charge is 0.497 e. The lowest BCUT2D eigenvalue weighted by molar-refractivity contribution is -0.118. The predicted molar refractivity (Wildman–Crippen MR) is 77.6 cm³/mol. The third kappa shape index (κ3) is 2.68. The highest BCUT2D eigenvalue weighted by atomic mass is 16.5. The maximum atomic E-state index is 11.3. The number of rotatable bonds is 3. The minimum Gasteiger partial charge on any atom is -0.497 e. The number of benzene rings is 2. The van der Waals surface area contributed by atoms with E-state index in [1.165, 1.54) is 0 Å². The van der Waals surface area contributed by atoms with E-state index in [2.05, 4.69) is 5.32 Å². The van der Waals surface area contributed by atoms with Gasteiger partial charge in [-0.15, -0.1) is 0 Å². The lowest BCUT2D eigenvalue weighted by Gasteiger charge is -2.20. The van der Waals surface area contributed by atoms with E-state index in [9.17, 15) is 9.90 Å². The summed E-state index contributed by atoms with van der Waals surface area (Å²) in [7, 11) is 1.58. The quantitative estimate of drug-likeness (QED) is 0.906. The highest BCUT2D eigenvalue weighted by Crippen LogP contribution is 2.33. The summed E-state index contributed by atoms with van der Waals surface area (Å²) in [6.07, 6.45) is -0.802. The Balaban J connectivity index is 1.92. The fraction of sp³-hybridized carbons (Fsp3) is 0.188. The van der Waals surface area contributed by atoms with Gasteiger partial charge < -0.3 is 19.9 Å². The number of nitrogens with one attached hydrogen (secondary N) is 1. The number of fused-ring (bicyclic) bond motifs is 1. The zero-order valence-electron chi connectivity index (χ0n) is 11.5. The van der Waals surface area contributed by atoms with Crippen LogP contribution in [0.4, 0.5) is 5.69 Å². The van der Waals surface area contributed by atoms with Gasteiger partial charge in [0.05, 0.1) is 12.8 Å². The third-order valence-corrected chi connectivity index (χ3v) is 3.36. The molecule has 2 aromatic rings. The van der Waals surface area contributed by atoms with Crippen molar-refractivity contribution < 1.29 is 19.4 Å². The Labute approximate surface area is 122 Å². The molecule has 1 aliphatic heterocycles. The molecular weight excluding hydrogens is 270 g/mol. The van der Waals surface area contributed by atoms with Crippen LogP contribution in [0.25, 0.3) is 0 Å². The zero-order chi connectivity index (χ0) is 14.8. The second-order valence-electron chi connectivity index (χ2n) is 4.77. The summed E-state index contributed by atoms with van der Waals surface area (Å²) in [4.78, 5) is 11.3. The molecule has 21 heavy (non-hydrogen) atoms. The molecule has 0 saturated carbocycles. The smallest absolute Gasteiger partial charge is 0.262 e. The van der Waals surface area contributed by atoms with Crippen molar-refractivity contribution in [3.8, 4) is 11.5 Å². The van der Waals surface area contributed by atoms with Crippen LogP contribution in [0.1, 0.15) is 17.2 Å². The van der Waals surface area contributed by atoms with E-state index in [-0.39, 0.29) is 12.5 Å². The first kappa shape index (κ1) is 13.5. The maximum Gasteiger partial charge on any atom is 0.262 e. The number of anilines is 1. The SMILES string of the molecule is COc1cccc(C(O)c2ccc3c(c2)NC(=O)CO3)c1. The molecule has 1 aliphatic rings. The van der Waals surface area contributed by atoms with E-state index in [0.717, 1.165) is 5.56 Å². The second-order valence-corrected chi connectivity index (χ2v) is 4.77. The minimum atomic E-state index is -0.802. The Morgan fingerprint density at radius 2 is 2.05 bits per heavy atom. The van der Waals surface area contributed by atoms with E-state index >= 15 is 0 Å². The number of aliphatic hydroxyl groups is 1. The van der Waals surface area contributed by atoms with Crippen LogP contribution in [-0.4, -0.2) is 24.7 Å². The van der Waals surface area contributed by atoms with Crippen molar-refractivity contribution in [2.75, 3.05) is 19.0 Å². The molecule has 0 aliphatic carbocycles. The zero-order valence-corrected chi connectivity index (χ0v) is 11.5. The molecule has 108 valence electrons. The first-order valence-electron chi connectivity index (χ1n) is 6.56. The number of methoxy groups -OCH3 is 1. The number of ether oxygens (including phenoxy) is 2. The first-order chi connectivity index (χ1) is 10.2. The van der Waals surface area contributed by atoms with Crippen LogP contribution in [-0.2, 0) is 4.79 Å². The maximum absolute atomic E-state index is 11.3. The van der Waals surface area contributed by atoms with Crippen molar-refractivity contribution in [2.24, 2.45) is 0 Å². The van der Waals surface area contributed by atoms with Crippen molar-refractivity contribution in [2.45, 2.75) is 6.10 Å². The summed E-state index contributed by atoms with van der Waals surface area (Å²) < 4.78 is 10.5. The molecule has 1 amide bonds. The van der Waals surface area contributed by atoms with Crippen LogP contribution in [0.2, 0.25) is 0 Å². The van der Waals surface area contributed by atoms with Gasteiger partial charge in [-0.05, 0) is 35.4 Å². The van der Waals surface area contributed by atoms with Crippen molar-refractivity contribution in [1.82, 2.24) is 0 Å².